The van der Waals surface area contributed by atoms with Crippen molar-refractivity contribution < 1.29 is 13.2 Å². The van der Waals surface area contributed by atoms with Crippen molar-refractivity contribution in [2.75, 3.05) is 19.6 Å². The zero-order chi connectivity index (χ0) is 21.9. The molecule has 1 heterocycles. The summed E-state index contributed by atoms with van der Waals surface area (Å²) in [6, 6.07) is 15.6. The van der Waals surface area contributed by atoms with E-state index in [-0.39, 0.29) is 23.4 Å². The van der Waals surface area contributed by atoms with Gasteiger partial charge in [0.1, 0.15) is 8.07 Å². The first kappa shape index (κ1) is 22.3. The molecule has 2 aromatic rings. The van der Waals surface area contributed by atoms with Crippen LogP contribution in [0.5, 0.6) is 0 Å². The van der Waals surface area contributed by atoms with Gasteiger partial charge in [-0.25, -0.2) is 8.42 Å². The van der Waals surface area contributed by atoms with E-state index in [1.54, 1.807) is 41.3 Å². The molecule has 7 heteroatoms. The van der Waals surface area contributed by atoms with Gasteiger partial charge in [0.2, 0.25) is 10.0 Å². The summed E-state index contributed by atoms with van der Waals surface area (Å²) in [6.07, 6.45) is 0. The number of sulfonamides is 1. The number of hydrogen-bond acceptors (Lipinski definition) is 3. The van der Waals surface area contributed by atoms with E-state index < -0.39 is 18.1 Å². The van der Waals surface area contributed by atoms with Crippen molar-refractivity contribution in [3.05, 3.63) is 65.7 Å². The Morgan fingerprint density at radius 2 is 1.63 bits per heavy atom. The average Bonchev–Trinajstić information content (AvgIpc) is 2.72. The summed E-state index contributed by atoms with van der Waals surface area (Å²) in [5.74, 6) is 3.08. The zero-order valence-corrected chi connectivity index (χ0v) is 19.7. The minimum Gasteiger partial charge on any atom is -0.336 e. The van der Waals surface area contributed by atoms with Crippen LogP contribution in [0.25, 0.3) is 0 Å². The summed E-state index contributed by atoms with van der Waals surface area (Å²) in [6.45, 7) is 9.37. The van der Waals surface area contributed by atoms with E-state index in [2.05, 4.69) is 31.1 Å². The highest BCUT2D eigenvalue weighted by Gasteiger charge is 2.35. The number of amides is 1. The Morgan fingerprint density at radius 1 is 1.00 bits per heavy atom. The molecule has 1 amide bonds. The van der Waals surface area contributed by atoms with E-state index in [1.807, 2.05) is 25.1 Å². The summed E-state index contributed by atoms with van der Waals surface area (Å²) >= 11 is 0. The highest BCUT2D eigenvalue weighted by molar-refractivity contribution is 7.89. The van der Waals surface area contributed by atoms with Crippen molar-refractivity contribution >= 4 is 24.0 Å². The first-order valence-corrected chi connectivity index (χ1v) is 15.0. The second-order valence-corrected chi connectivity index (χ2v) is 15.2. The van der Waals surface area contributed by atoms with Crippen LogP contribution in [0.2, 0.25) is 19.6 Å². The molecule has 30 heavy (non-hydrogen) atoms. The maximum Gasteiger partial charge on any atom is 0.253 e. The summed E-state index contributed by atoms with van der Waals surface area (Å²) in [5.41, 5.74) is 4.73. The smallest absolute Gasteiger partial charge is 0.253 e. The molecular formula is C23H28N2O3SSi. The summed E-state index contributed by atoms with van der Waals surface area (Å²) in [4.78, 5) is 14.7. The third-order valence-electron chi connectivity index (χ3n) is 4.92. The van der Waals surface area contributed by atoms with Gasteiger partial charge in [0.15, 0.2) is 0 Å². The van der Waals surface area contributed by atoms with Gasteiger partial charge in [-0.3, -0.25) is 4.79 Å². The molecule has 0 aliphatic carbocycles. The van der Waals surface area contributed by atoms with E-state index in [0.29, 0.717) is 18.7 Å². The molecule has 158 valence electrons. The Labute approximate surface area is 180 Å². The Kier molecular flexibility index (Phi) is 6.51. The van der Waals surface area contributed by atoms with Crippen LogP contribution < -0.4 is 0 Å². The number of piperazine rings is 1. The molecule has 0 aromatic heterocycles. The molecule has 0 N–H and O–H groups in total. The SMILES string of the molecule is C[C@@H]1CN(C(=O)c2ccccc2)CCN1S(=O)(=O)c1ccc(C#C[Si](C)(C)C)cc1. The summed E-state index contributed by atoms with van der Waals surface area (Å²) in [5, 5.41) is 0. The maximum absolute atomic E-state index is 13.2. The molecule has 0 saturated carbocycles. The second kappa shape index (κ2) is 8.76. The normalized spacial score (nSPS) is 17.9. The highest BCUT2D eigenvalue weighted by Crippen LogP contribution is 2.22. The third-order valence-corrected chi connectivity index (χ3v) is 7.82. The lowest BCUT2D eigenvalue weighted by molar-refractivity contribution is 0.0642. The quantitative estimate of drug-likeness (QED) is 0.543. The van der Waals surface area contributed by atoms with Gasteiger partial charge in [-0.15, -0.1) is 5.54 Å². The molecule has 0 unspecified atom stereocenters. The van der Waals surface area contributed by atoms with Crippen molar-refractivity contribution in [3.63, 3.8) is 0 Å². The van der Waals surface area contributed by atoms with Gasteiger partial charge in [0.05, 0.1) is 4.90 Å². The van der Waals surface area contributed by atoms with Gasteiger partial charge in [-0.2, -0.15) is 4.31 Å². The highest BCUT2D eigenvalue weighted by atomic mass is 32.2. The van der Waals surface area contributed by atoms with Crippen LogP contribution in [-0.2, 0) is 10.0 Å². The van der Waals surface area contributed by atoms with Crippen molar-refractivity contribution in [2.45, 2.75) is 37.5 Å². The molecule has 0 spiro atoms. The van der Waals surface area contributed by atoms with Crippen LogP contribution in [0.1, 0.15) is 22.8 Å². The molecule has 1 saturated heterocycles. The predicted octanol–water partition coefficient (Wildman–Crippen LogP) is 3.45. The average molecular weight is 441 g/mol. The van der Waals surface area contributed by atoms with E-state index >= 15 is 0 Å². The number of nitrogens with zero attached hydrogens (tertiary/aromatic N) is 2. The van der Waals surface area contributed by atoms with Crippen LogP contribution in [0.15, 0.2) is 59.5 Å². The molecule has 0 bridgehead atoms. The van der Waals surface area contributed by atoms with Gasteiger partial charge >= 0.3 is 0 Å². The number of benzene rings is 2. The van der Waals surface area contributed by atoms with Crippen LogP contribution in [-0.4, -0.2) is 57.3 Å². The van der Waals surface area contributed by atoms with Crippen LogP contribution in [0, 0.1) is 11.5 Å². The largest absolute Gasteiger partial charge is 0.336 e. The van der Waals surface area contributed by atoms with E-state index in [9.17, 15) is 13.2 Å². The van der Waals surface area contributed by atoms with Crippen molar-refractivity contribution in [3.8, 4) is 11.5 Å². The van der Waals surface area contributed by atoms with Gasteiger partial charge < -0.3 is 4.90 Å². The molecule has 0 radical (unpaired) electrons. The fourth-order valence-corrected chi connectivity index (χ4v) is 5.48. The van der Waals surface area contributed by atoms with Crippen LogP contribution >= 0.6 is 0 Å². The Morgan fingerprint density at radius 3 is 2.20 bits per heavy atom. The predicted molar refractivity (Wildman–Crippen MR) is 122 cm³/mol. The van der Waals surface area contributed by atoms with Crippen LogP contribution in [0.3, 0.4) is 0 Å². The summed E-state index contributed by atoms with van der Waals surface area (Å²) < 4.78 is 27.8. The monoisotopic (exact) mass is 440 g/mol. The molecule has 3 rings (SSSR count). The van der Waals surface area contributed by atoms with Gasteiger partial charge in [-0.1, -0.05) is 43.8 Å². The van der Waals surface area contributed by atoms with E-state index in [0.717, 1.165) is 5.56 Å². The van der Waals surface area contributed by atoms with Crippen molar-refractivity contribution in [2.24, 2.45) is 0 Å². The van der Waals surface area contributed by atoms with Crippen molar-refractivity contribution in [1.82, 2.24) is 9.21 Å². The van der Waals surface area contributed by atoms with E-state index in [4.69, 9.17) is 0 Å². The molecule has 2 aromatic carbocycles. The minimum absolute atomic E-state index is 0.0650. The first-order chi connectivity index (χ1) is 14.1. The fraction of sp³-hybridized carbons (Fsp3) is 0.348. The first-order valence-electron chi connectivity index (χ1n) is 10.1. The summed E-state index contributed by atoms with van der Waals surface area (Å²) in [7, 11) is -5.12. The van der Waals surface area contributed by atoms with Gasteiger partial charge in [-0.05, 0) is 43.3 Å². The number of hydrogen-bond donors (Lipinski definition) is 0. The maximum atomic E-state index is 13.2. The Bertz CT molecular complexity index is 1070. The molecular weight excluding hydrogens is 412 g/mol. The lowest BCUT2D eigenvalue weighted by atomic mass is 10.1. The molecule has 1 fully saturated rings. The molecule has 1 aliphatic rings. The Balaban J connectivity index is 1.73. The van der Waals surface area contributed by atoms with Crippen molar-refractivity contribution in [1.29, 1.82) is 0 Å². The fourth-order valence-electron chi connectivity index (χ4n) is 3.35. The molecule has 1 atom stereocenters. The van der Waals surface area contributed by atoms with Gasteiger partial charge in [0.25, 0.3) is 5.91 Å². The molecule has 1 aliphatic heterocycles. The van der Waals surface area contributed by atoms with Crippen LogP contribution in [0.4, 0.5) is 0 Å². The lowest BCUT2D eigenvalue weighted by Crippen LogP contribution is -2.55. The number of carbonyl (C=O) groups excluding carboxylic acids is 1. The minimum atomic E-state index is -3.63. The Hall–Kier alpha value is -2.40. The lowest BCUT2D eigenvalue weighted by Gasteiger charge is -2.39. The standard InChI is InChI=1S/C23H28N2O3SSi/c1-19-18-24(23(26)21-8-6-5-7-9-21)15-16-25(19)29(27,28)22-12-10-20(11-13-22)14-17-30(2,3)4/h5-13,19H,15-16,18H2,1-4H3/t19-/m1/s1. The second-order valence-electron chi connectivity index (χ2n) is 8.61. The molecule has 5 nitrogen and oxygen atoms in total. The topological polar surface area (TPSA) is 57.7 Å². The zero-order valence-electron chi connectivity index (χ0n) is 17.9. The number of rotatable bonds is 3. The number of carbonyl (C=O) groups is 1. The van der Waals surface area contributed by atoms with Gasteiger partial charge in [0, 0.05) is 36.8 Å². The third kappa shape index (κ3) is 5.20. The van der Waals surface area contributed by atoms with E-state index in [1.165, 1.54) is 4.31 Å².